The molecule has 0 aliphatic carbocycles. The van der Waals surface area contributed by atoms with E-state index in [9.17, 15) is 13.2 Å². The predicted octanol–water partition coefficient (Wildman–Crippen LogP) is 3.96. The fourth-order valence-electron chi connectivity index (χ4n) is 2.02. The van der Waals surface area contributed by atoms with E-state index in [2.05, 4.69) is 5.16 Å². The molecule has 0 radical (unpaired) electrons. The second-order valence-electron chi connectivity index (χ2n) is 4.73. The zero-order valence-electron chi connectivity index (χ0n) is 10.4. The number of rotatable bonds is 1. The topological polar surface area (TPSA) is 21.6 Å². The van der Waals surface area contributed by atoms with Crippen molar-refractivity contribution in [2.45, 2.75) is 32.5 Å². The SMILES string of the molecule is CC1=NOC(C)(c2ccc(C(F)(F)F)cc2)C1C. The Bertz CT molecular complexity index is 478. The third-order valence-corrected chi connectivity index (χ3v) is 3.62. The van der Waals surface area contributed by atoms with Crippen molar-refractivity contribution >= 4 is 5.71 Å². The Morgan fingerprint density at radius 3 is 2.17 bits per heavy atom. The average molecular weight is 257 g/mol. The van der Waals surface area contributed by atoms with Gasteiger partial charge in [-0.3, -0.25) is 0 Å². The summed E-state index contributed by atoms with van der Waals surface area (Å²) in [5.74, 6) is 0.0363. The zero-order chi connectivity index (χ0) is 13.6. The number of alkyl halides is 3. The van der Waals surface area contributed by atoms with Gasteiger partial charge >= 0.3 is 6.18 Å². The number of oxime groups is 1. The first-order chi connectivity index (χ1) is 8.25. The van der Waals surface area contributed by atoms with Gasteiger partial charge in [-0.1, -0.05) is 24.2 Å². The lowest BCUT2D eigenvalue weighted by atomic mass is 9.82. The van der Waals surface area contributed by atoms with Gasteiger partial charge in [-0.25, -0.2) is 0 Å². The third kappa shape index (κ3) is 1.98. The molecule has 1 aliphatic rings. The van der Waals surface area contributed by atoms with Crippen molar-refractivity contribution in [3.8, 4) is 0 Å². The van der Waals surface area contributed by atoms with Crippen LogP contribution in [0.3, 0.4) is 0 Å². The van der Waals surface area contributed by atoms with Crippen LogP contribution in [0.5, 0.6) is 0 Å². The fourth-order valence-corrected chi connectivity index (χ4v) is 2.02. The summed E-state index contributed by atoms with van der Waals surface area (Å²) in [6.07, 6.45) is -4.31. The van der Waals surface area contributed by atoms with Gasteiger partial charge in [0.1, 0.15) is 0 Å². The molecule has 1 aliphatic heterocycles. The van der Waals surface area contributed by atoms with Crippen molar-refractivity contribution in [2.75, 3.05) is 0 Å². The number of benzene rings is 1. The highest BCUT2D eigenvalue weighted by molar-refractivity contribution is 5.86. The molecule has 0 fully saturated rings. The van der Waals surface area contributed by atoms with Gasteiger partial charge in [0.2, 0.25) is 0 Å². The molecule has 5 heteroatoms. The molecule has 0 amide bonds. The molecule has 18 heavy (non-hydrogen) atoms. The van der Waals surface area contributed by atoms with E-state index in [0.29, 0.717) is 5.56 Å². The van der Waals surface area contributed by atoms with Gasteiger partial charge < -0.3 is 4.84 Å². The van der Waals surface area contributed by atoms with Crippen LogP contribution >= 0.6 is 0 Å². The van der Waals surface area contributed by atoms with Crippen LogP contribution in [-0.4, -0.2) is 5.71 Å². The summed E-state index contributed by atoms with van der Waals surface area (Å²) in [7, 11) is 0. The van der Waals surface area contributed by atoms with E-state index < -0.39 is 17.3 Å². The van der Waals surface area contributed by atoms with E-state index >= 15 is 0 Å². The van der Waals surface area contributed by atoms with Crippen molar-refractivity contribution in [1.82, 2.24) is 0 Å². The highest BCUT2D eigenvalue weighted by Gasteiger charge is 2.42. The lowest BCUT2D eigenvalue weighted by molar-refractivity contribution is -0.137. The molecule has 98 valence electrons. The molecule has 2 nitrogen and oxygen atoms in total. The van der Waals surface area contributed by atoms with Crippen LogP contribution in [0.1, 0.15) is 31.9 Å². The standard InChI is InChI=1S/C13H14F3NO/c1-8-9(2)17-18-12(8,3)10-4-6-11(7-5-10)13(14,15)16/h4-8H,1-3H3. The molecule has 1 aromatic carbocycles. The normalized spacial score (nSPS) is 27.9. The van der Waals surface area contributed by atoms with Gasteiger partial charge in [0.15, 0.2) is 5.60 Å². The first-order valence-corrected chi connectivity index (χ1v) is 5.65. The first kappa shape index (κ1) is 12.9. The van der Waals surface area contributed by atoms with Crippen LogP contribution in [0.15, 0.2) is 29.4 Å². The number of hydrogen-bond acceptors (Lipinski definition) is 2. The Morgan fingerprint density at radius 1 is 1.22 bits per heavy atom. The van der Waals surface area contributed by atoms with E-state index in [0.717, 1.165) is 17.8 Å². The minimum atomic E-state index is -4.31. The Labute approximate surface area is 103 Å². The molecule has 0 aromatic heterocycles. The number of halogens is 3. The molecule has 2 unspecified atom stereocenters. The van der Waals surface area contributed by atoms with Crippen molar-refractivity contribution in [2.24, 2.45) is 11.1 Å². The van der Waals surface area contributed by atoms with Crippen molar-refractivity contribution in [1.29, 1.82) is 0 Å². The summed E-state index contributed by atoms with van der Waals surface area (Å²) in [4.78, 5) is 5.38. The lowest BCUT2D eigenvalue weighted by Gasteiger charge is -2.27. The molecule has 2 atom stereocenters. The fraction of sp³-hybridized carbons (Fsp3) is 0.462. The first-order valence-electron chi connectivity index (χ1n) is 5.65. The monoisotopic (exact) mass is 257 g/mol. The summed E-state index contributed by atoms with van der Waals surface area (Å²) in [6, 6.07) is 5.05. The molecule has 1 aromatic rings. The van der Waals surface area contributed by atoms with E-state index in [4.69, 9.17) is 4.84 Å². The molecule has 0 spiro atoms. The lowest BCUT2D eigenvalue weighted by Crippen LogP contribution is -2.30. The average Bonchev–Trinajstić information content (AvgIpc) is 2.58. The maximum Gasteiger partial charge on any atom is 0.416 e. The second kappa shape index (κ2) is 4.00. The zero-order valence-corrected chi connectivity index (χ0v) is 10.4. The number of nitrogens with zero attached hydrogens (tertiary/aromatic N) is 1. The minimum Gasteiger partial charge on any atom is -0.384 e. The van der Waals surface area contributed by atoms with E-state index in [-0.39, 0.29) is 5.92 Å². The van der Waals surface area contributed by atoms with E-state index in [1.165, 1.54) is 12.1 Å². The largest absolute Gasteiger partial charge is 0.416 e. The maximum atomic E-state index is 12.5. The molecule has 1 heterocycles. The van der Waals surface area contributed by atoms with E-state index in [1.54, 1.807) is 0 Å². The second-order valence-corrected chi connectivity index (χ2v) is 4.73. The number of hydrogen-bond donors (Lipinski definition) is 0. The Kier molecular flexibility index (Phi) is 2.87. The van der Waals surface area contributed by atoms with Crippen LogP contribution in [0, 0.1) is 5.92 Å². The summed E-state index contributed by atoms with van der Waals surface area (Å²) >= 11 is 0. The van der Waals surface area contributed by atoms with Crippen molar-refractivity contribution < 1.29 is 18.0 Å². The molecule has 0 N–H and O–H groups in total. The molecular formula is C13H14F3NO. The summed E-state index contributed by atoms with van der Waals surface area (Å²) in [5.41, 5.74) is 0.202. The molecule has 0 saturated heterocycles. The molecule has 2 rings (SSSR count). The minimum absolute atomic E-state index is 0.0363. The summed E-state index contributed by atoms with van der Waals surface area (Å²) in [5, 5.41) is 3.91. The van der Waals surface area contributed by atoms with Gasteiger partial charge in [0.05, 0.1) is 11.3 Å². The molecule has 0 bridgehead atoms. The van der Waals surface area contributed by atoms with Crippen LogP contribution < -0.4 is 0 Å². The summed E-state index contributed by atoms with van der Waals surface area (Å²) < 4.78 is 37.4. The van der Waals surface area contributed by atoms with Gasteiger partial charge in [-0.15, -0.1) is 0 Å². The Hall–Kier alpha value is -1.52. The van der Waals surface area contributed by atoms with Crippen LogP contribution in [0.4, 0.5) is 13.2 Å². The Balaban J connectivity index is 2.31. The van der Waals surface area contributed by atoms with Crippen LogP contribution in [0.25, 0.3) is 0 Å². The molecular weight excluding hydrogens is 243 g/mol. The molecule has 0 saturated carbocycles. The highest BCUT2D eigenvalue weighted by atomic mass is 19.4. The van der Waals surface area contributed by atoms with Gasteiger partial charge in [-0.05, 0) is 31.5 Å². The van der Waals surface area contributed by atoms with Crippen LogP contribution in [0.2, 0.25) is 0 Å². The van der Waals surface area contributed by atoms with Crippen molar-refractivity contribution in [3.05, 3.63) is 35.4 Å². The van der Waals surface area contributed by atoms with Gasteiger partial charge in [0, 0.05) is 5.92 Å². The third-order valence-electron chi connectivity index (χ3n) is 3.62. The predicted molar refractivity (Wildman–Crippen MR) is 62.2 cm³/mol. The van der Waals surface area contributed by atoms with Crippen LogP contribution in [-0.2, 0) is 16.6 Å². The Morgan fingerprint density at radius 2 is 1.78 bits per heavy atom. The van der Waals surface area contributed by atoms with Gasteiger partial charge in [-0.2, -0.15) is 13.2 Å². The van der Waals surface area contributed by atoms with Crippen molar-refractivity contribution in [3.63, 3.8) is 0 Å². The van der Waals surface area contributed by atoms with E-state index in [1.807, 2.05) is 20.8 Å². The maximum absolute atomic E-state index is 12.5. The van der Waals surface area contributed by atoms with Gasteiger partial charge in [0.25, 0.3) is 0 Å². The quantitative estimate of drug-likeness (QED) is 0.746. The smallest absolute Gasteiger partial charge is 0.384 e. The summed E-state index contributed by atoms with van der Waals surface area (Å²) in [6.45, 7) is 5.63. The highest BCUT2D eigenvalue weighted by Crippen LogP contribution is 2.40.